The van der Waals surface area contributed by atoms with Gasteiger partial charge in [0, 0.05) is 5.41 Å². The molecule has 0 aromatic heterocycles. The van der Waals surface area contributed by atoms with Gasteiger partial charge in [-0.1, -0.05) is 12.1 Å². The fourth-order valence-corrected chi connectivity index (χ4v) is 5.84. The average Bonchev–Trinajstić information content (AvgIpc) is 2.45. The summed E-state index contributed by atoms with van der Waals surface area (Å²) in [5.41, 5.74) is 0.550. The van der Waals surface area contributed by atoms with Gasteiger partial charge in [-0.25, -0.2) is 4.39 Å². The number of carbonyl (C=O) groups excluding carboxylic acids is 1. The van der Waals surface area contributed by atoms with E-state index in [1.54, 1.807) is 12.1 Å². The van der Waals surface area contributed by atoms with Crippen LogP contribution in [0.15, 0.2) is 24.3 Å². The second-order valence-corrected chi connectivity index (χ2v) is 7.91. The molecule has 0 saturated heterocycles. The van der Waals surface area contributed by atoms with Crippen molar-refractivity contribution in [2.45, 2.75) is 43.9 Å². The van der Waals surface area contributed by atoms with Crippen LogP contribution in [0.3, 0.4) is 0 Å². The van der Waals surface area contributed by atoms with Crippen molar-refractivity contribution in [1.82, 2.24) is 0 Å². The number of Topliss-reactive ketones (excluding diaryl/α,β-unsaturated/α-hetero) is 1. The summed E-state index contributed by atoms with van der Waals surface area (Å²) in [4.78, 5) is 13.1. The van der Waals surface area contributed by atoms with Crippen LogP contribution < -0.4 is 0 Å². The van der Waals surface area contributed by atoms with Crippen LogP contribution in [0.4, 0.5) is 4.39 Å². The third-order valence-electron chi connectivity index (χ3n) is 5.95. The minimum atomic E-state index is -0.623. The highest BCUT2D eigenvalue weighted by Crippen LogP contribution is 2.61. The molecule has 0 aliphatic heterocycles. The summed E-state index contributed by atoms with van der Waals surface area (Å²) in [6, 6.07) is 6.06. The topological polar surface area (TPSA) is 17.1 Å². The Morgan fingerprint density at radius 2 is 1.52 bits per heavy atom. The molecule has 112 valence electrons. The van der Waals surface area contributed by atoms with Crippen LogP contribution in [0.1, 0.15) is 49.5 Å². The van der Waals surface area contributed by atoms with E-state index < -0.39 is 5.38 Å². The molecule has 4 aliphatic rings. The van der Waals surface area contributed by atoms with E-state index in [1.807, 2.05) is 0 Å². The molecule has 0 spiro atoms. The van der Waals surface area contributed by atoms with Gasteiger partial charge in [-0.05, 0) is 74.0 Å². The summed E-state index contributed by atoms with van der Waals surface area (Å²) in [5.74, 6) is 2.10. The monoisotopic (exact) mass is 306 g/mol. The lowest BCUT2D eigenvalue weighted by atomic mass is 9.48. The van der Waals surface area contributed by atoms with E-state index in [-0.39, 0.29) is 17.0 Å². The third-order valence-corrected chi connectivity index (χ3v) is 6.40. The molecule has 0 heterocycles. The van der Waals surface area contributed by atoms with Crippen LogP contribution in [-0.2, 0) is 4.79 Å². The summed E-state index contributed by atoms with van der Waals surface area (Å²) >= 11 is 6.47. The van der Waals surface area contributed by atoms with Crippen LogP contribution in [0.25, 0.3) is 0 Å². The molecule has 1 aromatic rings. The molecule has 5 rings (SSSR count). The van der Waals surface area contributed by atoms with Crippen molar-refractivity contribution in [3.63, 3.8) is 0 Å². The number of carbonyl (C=O) groups is 1. The SMILES string of the molecule is O=C(C(Cl)c1ccc(F)cc1)C12CC3CC(CC(C3)C1)C2. The molecule has 1 nitrogen and oxygen atoms in total. The van der Waals surface area contributed by atoms with Gasteiger partial charge in [-0.3, -0.25) is 4.79 Å². The predicted octanol–water partition coefficient (Wildman–Crippen LogP) is 4.89. The number of hydrogen-bond donors (Lipinski definition) is 0. The van der Waals surface area contributed by atoms with Crippen LogP contribution in [0.5, 0.6) is 0 Å². The van der Waals surface area contributed by atoms with Gasteiger partial charge in [-0.2, -0.15) is 0 Å². The largest absolute Gasteiger partial charge is 0.297 e. The van der Waals surface area contributed by atoms with Gasteiger partial charge in [0.25, 0.3) is 0 Å². The highest BCUT2D eigenvalue weighted by molar-refractivity contribution is 6.31. The quantitative estimate of drug-likeness (QED) is 0.727. The zero-order valence-corrected chi connectivity index (χ0v) is 12.8. The van der Waals surface area contributed by atoms with E-state index in [2.05, 4.69) is 0 Å². The van der Waals surface area contributed by atoms with Gasteiger partial charge in [0.1, 0.15) is 11.2 Å². The molecule has 3 heteroatoms. The molecular formula is C18H20ClFO. The third kappa shape index (κ3) is 2.23. The standard InChI is InChI=1S/C18H20ClFO/c19-16(14-1-3-15(20)4-2-14)17(21)18-8-11-5-12(9-18)7-13(6-11)10-18/h1-4,11-13,16H,5-10H2. The molecule has 0 radical (unpaired) electrons. The summed E-state index contributed by atoms with van der Waals surface area (Å²) in [6.45, 7) is 0. The highest BCUT2D eigenvalue weighted by Gasteiger charge is 2.55. The first kappa shape index (κ1) is 13.8. The minimum Gasteiger partial charge on any atom is -0.297 e. The van der Waals surface area contributed by atoms with Crippen molar-refractivity contribution in [3.05, 3.63) is 35.6 Å². The smallest absolute Gasteiger partial charge is 0.161 e. The molecular weight excluding hydrogens is 287 g/mol. The second-order valence-electron chi connectivity index (χ2n) is 7.48. The molecule has 0 N–H and O–H groups in total. The molecule has 4 saturated carbocycles. The van der Waals surface area contributed by atoms with E-state index in [4.69, 9.17) is 11.6 Å². The fourth-order valence-electron chi connectivity index (χ4n) is 5.46. The highest BCUT2D eigenvalue weighted by atomic mass is 35.5. The molecule has 4 fully saturated rings. The first-order valence-electron chi connectivity index (χ1n) is 7.99. The van der Waals surface area contributed by atoms with Crippen LogP contribution in [0.2, 0.25) is 0 Å². The summed E-state index contributed by atoms with van der Waals surface area (Å²) in [6.07, 6.45) is 7.04. The van der Waals surface area contributed by atoms with E-state index >= 15 is 0 Å². The van der Waals surface area contributed by atoms with E-state index in [9.17, 15) is 9.18 Å². The Labute approximate surface area is 129 Å². The van der Waals surface area contributed by atoms with Gasteiger partial charge < -0.3 is 0 Å². The molecule has 4 aliphatic carbocycles. The second kappa shape index (κ2) is 4.81. The Morgan fingerprint density at radius 3 is 2.00 bits per heavy atom. The summed E-state index contributed by atoms with van der Waals surface area (Å²) < 4.78 is 13.0. The number of alkyl halides is 1. The lowest BCUT2D eigenvalue weighted by Crippen LogP contribution is -2.50. The van der Waals surface area contributed by atoms with Gasteiger partial charge >= 0.3 is 0 Å². The Balaban J connectivity index is 1.60. The Morgan fingerprint density at radius 1 is 1.05 bits per heavy atom. The molecule has 1 atom stereocenters. The van der Waals surface area contributed by atoms with Crippen LogP contribution in [0, 0.1) is 29.0 Å². The Kier molecular flexibility index (Phi) is 3.15. The number of benzene rings is 1. The lowest BCUT2D eigenvalue weighted by molar-refractivity contribution is -0.143. The van der Waals surface area contributed by atoms with Crippen molar-refractivity contribution >= 4 is 17.4 Å². The van der Waals surface area contributed by atoms with Crippen molar-refractivity contribution < 1.29 is 9.18 Å². The zero-order chi connectivity index (χ0) is 14.6. The van der Waals surface area contributed by atoms with Gasteiger partial charge in [-0.15, -0.1) is 11.6 Å². The number of hydrogen-bond acceptors (Lipinski definition) is 1. The van der Waals surface area contributed by atoms with Crippen molar-refractivity contribution in [2.75, 3.05) is 0 Å². The van der Waals surface area contributed by atoms with E-state index in [0.717, 1.165) is 42.6 Å². The minimum absolute atomic E-state index is 0.185. The first-order chi connectivity index (χ1) is 10.1. The van der Waals surface area contributed by atoms with E-state index in [1.165, 1.54) is 31.4 Å². The van der Waals surface area contributed by atoms with Gasteiger partial charge in [0.2, 0.25) is 0 Å². The van der Waals surface area contributed by atoms with Gasteiger partial charge in [0.15, 0.2) is 5.78 Å². The molecule has 4 bridgehead atoms. The number of ketones is 1. The average molecular weight is 307 g/mol. The normalized spacial score (nSPS) is 38.5. The maximum absolute atomic E-state index is 13.1. The molecule has 0 amide bonds. The van der Waals surface area contributed by atoms with Crippen molar-refractivity contribution in [2.24, 2.45) is 23.2 Å². The Hall–Kier alpha value is -0.890. The van der Waals surface area contributed by atoms with Crippen LogP contribution in [-0.4, -0.2) is 5.78 Å². The summed E-state index contributed by atoms with van der Waals surface area (Å²) in [5, 5.41) is -0.623. The molecule has 1 aromatic carbocycles. The van der Waals surface area contributed by atoms with Gasteiger partial charge in [0.05, 0.1) is 0 Å². The maximum Gasteiger partial charge on any atom is 0.161 e. The Bertz CT molecular complexity index is 530. The molecule has 21 heavy (non-hydrogen) atoms. The van der Waals surface area contributed by atoms with Crippen molar-refractivity contribution in [1.29, 1.82) is 0 Å². The first-order valence-corrected chi connectivity index (χ1v) is 8.43. The maximum atomic E-state index is 13.1. The van der Waals surface area contributed by atoms with E-state index in [0.29, 0.717) is 0 Å². The number of halogens is 2. The molecule has 1 unspecified atom stereocenters. The van der Waals surface area contributed by atoms with Crippen molar-refractivity contribution in [3.8, 4) is 0 Å². The predicted molar refractivity (Wildman–Crippen MR) is 80.6 cm³/mol. The zero-order valence-electron chi connectivity index (χ0n) is 12.0. The summed E-state index contributed by atoms with van der Waals surface area (Å²) in [7, 11) is 0. The number of rotatable bonds is 3. The fraction of sp³-hybridized carbons (Fsp3) is 0.611. The lowest BCUT2D eigenvalue weighted by Gasteiger charge is -2.56. The van der Waals surface area contributed by atoms with Crippen LogP contribution >= 0.6 is 11.6 Å².